The number of urea groups is 1. The third-order valence-corrected chi connectivity index (χ3v) is 4.59. The number of hydrazine groups is 1. The van der Waals surface area contributed by atoms with E-state index in [-0.39, 0.29) is 11.9 Å². The van der Waals surface area contributed by atoms with Crippen LogP contribution < -0.4 is 10.9 Å². The predicted molar refractivity (Wildman–Crippen MR) is 96.9 cm³/mol. The quantitative estimate of drug-likeness (QED) is 0.846. The molecule has 1 saturated heterocycles. The number of rotatable bonds is 3. The number of hydrogen-bond acceptors (Lipinski definition) is 2. The van der Waals surface area contributed by atoms with Crippen LogP contribution in [0.5, 0.6) is 0 Å². The SMILES string of the molecule is O=C(NNC(=O)N1CCC(Cc2ccccc2)CC1)c1ccccc1. The van der Waals surface area contributed by atoms with Gasteiger partial charge in [0.2, 0.25) is 0 Å². The van der Waals surface area contributed by atoms with Gasteiger partial charge in [-0.1, -0.05) is 48.5 Å². The van der Waals surface area contributed by atoms with Crippen molar-refractivity contribution in [2.24, 2.45) is 5.92 Å². The van der Waals surface area contributed by atoms with Gasteiger partial charge in [-0.15, -0.1) is 0 Å². The Morgan fingerprint density at radius 2 is 1.48 bits per heavy atom. The second kappa shape index (κ2) is 8.33. The van der Waals surface area contributed by atoms with Crippen molar-refractivity contribution in [3.05, 3.63) is 71.8 Å². The topological polar surface area (TPSA) is 61.4 Å². The fourth-order valence-electron chi connectivity index (χ4n) is 3.14. The molecule has 0 atom stereocenters. The summed E-state index contributed by atoms with van der Waals surface area (Å²) < 4.78 is 0. The average Bonchev–Trinajstić information content (AvgIpc) is 2.68. The Hall–Kier alpha value is -2.82. The van der Waals surface area contributed by atoms with Gasteiger partial charge in [0.1, 0.15) is 0 Å². The molecular weight excluding hydrogens is 314 g/mol. The molecule has 1 fully saturated rings. The maximum absolute atomic E-state index is 12.2. The Labute approximate surface area is 148 Å². The Morgan fingerprint density at radius 3 is 2.12 bits per heavy atom. The highest BCUT2D eigenvalue weighted by Gasteiger charge is 2.23. The molecule has 1 heterocycles. The molecule has 3 amide bonds. The third-order valence-electron chi connectivity index (χ3n) is 4.59. The number of likely N-dealkylation sites (tertiary alicyclic amines) is 1. The number of piperidine rings is 1. The minimum Gasteiger partial charge on any atom is -0.323 e. The molecule has 0 aromatic heterocycles. The van der Waals surface area contributed by atoms with Crippen LogP contribution in [0.4, 0.5) is 4.79 Å². The van der Waals surface area contributed by atoms with Crippen molar-refractivity contribution in [2.45, 2.75) is 19.3 Å². The van der Waals surface area contributed by atoms with Crippen molar-refractivity contribution in [1.82, 2.24) is 15.8 Å². The van der Waals surface area contributed by atoms with E-state index in [1.165, 1.54) is 5.56 Å². The van der Waals surface area contributed by atoms with E-state index in [0.717, 1.165) is 19.3 Å². The van der Waals surface area contributed by atoms with Crippen LogP contribution in [0.1, 0.15) is 28.8 Å². The molecule has 2 aromatic carbocycles. The van der Waals surface area contributed by atoms with Crippen LogP contribution in [0.2, 0.25) is 0 Å². The lowest BCUT2D eigenvalue weighted by Crippen LogP contribution is -2.51. The van der Waals surface area contributed by atoms with Crippen molar-refractivity contribution < 1.29 is 9.59 Å². The molecule has 1 aliphatic rings. The van der Waals surface area contributed by atoms with E-state index >= 15 is 0 Å². The highest BCUT2D eigenvalue weighted by atomic mass is 16.2. The van der Waals surface area contributed by atoms with E-state index in [2.05, 4.69) is 35.1 Å². The second-order valence-corrected chi connectivity index (χ2v) is 6.37. The lowest BCUT2D eigenvalue weighted by Gasteiger charge is -2.32. The number of carbonyl (C=O) groups is 2. The average molecular weight is 337 g/mol. The number of carbonyl (C=O) groups excluding carboxylic acids is 2. The summed E-state index contributed by atoms with van der Waals surface area (Å²) in [4.78, 5) is 25.9. The zero-order valence-electron chi connectivity index (χ0n) is 14.2. The zero-order chi connectivity index (χ0) is 17.5. The monoisotopic (exact) mass is 337 g/mol. The van der Waals surface area contributed by atoms with Crippen LogP contribution in [0, 0.1) is 5.92 Å². The largest absolute Gasteiger partial charge is 0.336 e. The van der Waals surface area contributed by atoms with Gasteiger partial charge in [0, 0.05) is 18.7 Å². The van der Waals surface area contributed by atoms with E-state index in [9.17, 15) is 9.59 Å². The van der Waals surface area contributed by atoms with Crippen LogP contribution in [0.3, 0.4) is 0 Å². The Kier molecular flexibility index (Phi) is 5.67. The number of amides is 3. The zero-order valence-corrected chi connectivity index (χ0v) is 14.2. The minimum absolute atomic E-state index is 0.248. The molecule has 1 aliphatic heterocycles. The van der Waals surface area contributed by atoms with E-state index in [4.69, 9.17) is 0 Å². The second-order valence-electron chi connectivity index (χ2n) is 6.37. The van der Waals surface area contributed by atoms with Gasteiger partial charge in [-0.05, 0) is 42.9 Å². The van der Waals surface area contributed by atoms with Gasteiger partial charge >= 0.3 is 6.03 Å². The molecule has 0 spiro atoms. The first-order valence-corrected chi connectivity index (χ1v) is 8.66. The summed E-state index contributed by atoms with van der Waals surface area (Å²) in [6.45, 7) is 1.43. The van der Waals surface area contributed by atoms with Crippen LogP contribution in [-0.2, 0) is 6.42 Å². The van der Waals surface area contributed by atoms with Crippen molar-refractivity contribution in [3.8, 4) is 0 Å². The van der Waals surface area contributed by atoms with Gasteiger partial charge in [0.15, 0.2) is 0 Å². The van der Waals surface area contributed by atoms with Gasteiger partial charge in [0.05, 0.1) is 0 Å². The summed E-state index contributed by atoms with van der Waals surface area (Å²) >= 11 is 0. The maximum Gasteiger partial charge on any atom is 0.336 e. The number of hydrogen-bond donors (Lipinski definition) is 2. The molecular formula is C20H23N3O2. The molecule has 3 rings (SSSR count). The van der Waals surface area contributed by atoms with Crippen LogP contribution in [0.25, 0.3) is 0 Å². The smallest absolute Gasteiger partial charge is 0.323 e. The van der Waals surface area contributed by atoms with E-state index < -0.39 is 0 Å². The summed E-state index contributed by atoms with van der Waals surface area (Å²) in [5, 5.41) is 0. The highest BCUT2D eigenvalue weighted by molar-refractivity contribution is 5.95. The summed E-state index contributed by atoms with van der Waals surface area (Å²) in [7, 11) is 0. The Balaban J connectivity index is 1.42. The fraction of sp³-hybridized carbons (Fsp3) is 0.300. The minimum atomic E-state index is -0.312. The van der Waals surface area contributed by atoms with Gasteiger partial charge < -0.3 is 4.90 Å². The number of benzene rings is 2. The summed E-state index contributed by atoms with van der Waals surface area (Å²) in [6.07, 6.45) is 3.02. The van der Waals surface area contributed by atoms with Gasteiger partial charge in [-0.3, -0.25) is 10.2 Å². The Bertz CT molecular complexity index is 695. The standard InChI is InChI=1S/C20H23N3O2/c24-19(18-9-5-2-6-10-18)21-22-20(25)23-13-11-17(12-14-23)15-16-7-3-1-4-8-16/h1-10,17H,11-15H2,(H,21,24)(H,22,25). The highest BCUT2D eigenvalue weighted by Crippen LogP contribution is 2.21. The van der Waals surface area contributed by atoms with Crippen LogP contribution in [0.15, 0.2) is 60.7 Å². The molecule has 5 nitrogen and oxygen atoms in total. The number of nitrogens with zero attached hydrogens (tertiary/aromatic N) is 1. The van der Waals surface area contributed by atoms with Crippen molar-refractivity contribution in [2.75, 3.05) is 13.1 Å². The molecule has 0 aliphatic carbocycles. The molecule has 25 heavy (non-hydrogen) atoms. The van der Waals surface area contributed by atoms with Crippen LogP contribution in [-0.4, -0.2) is 29.9 Å². The maximum atomic E-state index is 12.2. The van der Waals surface area contributed by atoms with E-state index in [0.29, 0.717) is 24.6 Å². The first-order chi connectivity index (χ1) is 12.2. The molecule has 0 radical (unpaired) electrons. The Morgan fingerprint density at radius 1 is 0.880 bits per heavy atom. The molecule has 2 N–H and O–H groups in total. The van der Waals surface area contributed by atoms with Gasteiger partial charge in [0.25, 0.3) is 5.91 Å². The van der Waals surface area contributed by atoms with Crippen molar-refractivity contribution in [1.29, 1.82) is 0 Å². The normalized spacial score (nSPS) is 14.8. The van der Waals surface area contributed by atoms with Crippen molar-refractivity contribution >= 4 is 11.9 Å². The molecule has 0 saturated carbocycles. The summed E-state index contributed by atoms with van der Waals surface area (Å²) in [5.74, 6) is 0.290. The van der Waals surface area contributed by atoms with Crippen molar-refractivity contribution in [3.63, 3.8) is 0 Å². The van der Waals surface area contributed by atoms with Gasteiger partial charge in [-0.25, -0.2) is 10.2 Å². The first kappa shape index (κ1) is 17.0. The predicted octanol–water partition coefficient (Wildman–Crippen LogP) is 3.00. The molecule has 2 aromatic rings. The summed E-state index contributed by atoms with van der Waals surface area (Å²) in [5.41, 5.74) is 6.84. The third kappa shape index (κ3) is 4.83. The first-order valence-electron chi connectivity index (χ1n) is 8.66. The lowest BCUT2D eigenvalue weighted by atomic mass is 9.90. The molecule has 0 unspecified atom stereocenters. The van der Waals surface area contributed by atoms with Crippen LogP contribution >= 0.6 is 0 Å². The molecule has 5 heteroatoms. The molecule has 0 bridgehead atoms. The fourth-order valence-corrected chi connectivity index (χ4v) is 3.14. The van der Waals surface area contributed by atoms with E-state index in [1.54, 1.807) is 29.2 Å². The van der Waals surface area contributed by atoms with Gasteiger partial charge in [-0.2, -0.15) is 0 Å². The molecule has 130 valence electrons. The summed E-state index contributed by atoms with van der Waals surface area (Å²) in [6, 6.07) is 19.0. The number of nitrogens with one attached hydrogen (secondary N) is 2. The lowest BCUT2D eigenvalue weighted by molar-refractivity contribution is 0.0926. The van der Waals surface area contributed by atoms with E-state index in [1.807, 2.05) is 12.1 Å².